The molecule has 3 atom stereocenters. The van der Waals surface area contributed by atoms with E-state index in [2.05, 4.69) is 20.3 Å². The average molecular weight is 796 g/mol. The molecule has 0 unspecified atom stereocenters. The third-order valence-electron chi connectivity index (χ3n) is 9.10. The number of pyridine rings is 2. The molecule has 0 radical (unpaired) electrons. The van der Waals surface area contributed by atoms with Crippen LogP contribution in [0.4, 0.5) is 0 Å². The SMILES string of the molecule is CC(C)C[C@H](NC(=O)[C@@H](O)[C@H](N)Cc1ccccc1)C(=O)CCCOCCOCCOCCOc1ccc(C(=O)Cc2ccc3oc(-c4cccnc4)nc3c2)nc1. The number of rotatable bonds is 26. The normalized spacial score (nSPS) is 13.0. The number of carbonyl (C=O) groups is 3. The number of aliphatic hydroxyl groups is 1. The number of oxazole rings is 1. The lowest BCUT2D eigenvalue weighted by molar-refractivity contribution is -0.134. The molecule has 4 N–H and O–H groups in total. The minimum Gasteiger partial charge on any atom is -0.490 e. The fourth-order valence-electron chi connectivity index (χ4n) is 6.08. The number of nitrogens with one attached hydrogen (secondary N) is 1. The van der Waals surface area contributed by atoms with Crippen molar-refractivity contribution >= 4 is 28.6 Å². The van der Waals surface area contributed by atoms with Gasteiger partial charge in [0, 0.05) is 37.9 Å². The number of ketones is 2. The van der Waals surface area contributed by atoms with Crippen molar-refractivity contribution in [3.8, 4) is 17.2 Å². The maximum atomic E-state index is 13.0. The molecule has 0 aliphatic heterocycles. The number of ether oxygens (including phenoxy) is 4. The van der Waals surface area contributed by atoms with Crippen molar-refractivity contribution in [3.63, 3.8) is 0 Å². The first kappa shape index (κ1) is 43.7. The molecule has 1 amide bonds. The molecule has 308 valence electrons. The highest BCUT2D eigenvalue weighted by Crippen LogP contribution is 2.25. The van der Waals surface area contributed by atoms with Gasteiger partial charge in [-0.05, 0) is 72.7 Å². The summed E-state index contributed by atoms with van der Waals surface area (Å²) in [6, 6.07) is 20.4. The number of carbonyl (C=O) groups excluding carboxylic acids is 3. The Morgan fingerprint density at radius 3 is 2.28 bits per heavy atom. The Labute approximate surface area is 338 Å². The summed E-state index contributed by atoms with van der Waals surface area (Å²) in [5, 5.41) is 13.2. The maximum absolute atomic E-state index is 13.0. The Morgan fingerprint density at radius 1 is 0.845 bits per heavy atom. The number of hydrogen-bond donors (Lipinski definition) is 3. The predicted octanol–water partition coefficient (Wildman–Crippen LogP) is 4.95. The lowest BCUT2D eigenvalue weighted by Gasteiger charge is -2.24. The summed E-state index contributed by atoms with van der Waals surface area (Å²) in [6.07, 6.45) is 5.16. The van der Waals surface area contributed by atoms with Crippen LogP contribution in [-0.2, 0) is 36.6 Å². The minimum absolute atomic E-state index is 0.110. The lowest BCUT2D eigenvalue weighted by atomic mass is 9.96. The van der Waals surface area contributed by atoms with Gasteiger partial charge in [-0.15, -0.1) is 0 Å². The van der Waals surface area contributed by atoms with E-state index in [0.717, 1.165) is 16.7 Å². The van der Waals surface area contributed by atoms with Gasteiger partial charge in [0.15, 0.2) is 17.1 Å². The van der Waals surface area contributed by atoms with Crippen molar-refractivity contribution in [1.29, 1.82) is 0 Å². The third kappa shape index (κ3) is 14.2. The van der Waals surface area contributed by atoms with Crippen LogP contribution in [0.2, 0.25) is 0 Å². The molecule has 0 aliphatic rings. The number of nitrogens with two attached hydrogens (primary N) is 1. The molecule has 0 fully saturated rings. The van der Waals surface area contributed by atoms with E-state index in [0.29, 0.717) is 93.9 Å². The first-order valence-corrected chi connectivity index (χ1v) is 19.6. The molecule has 0 aliphatic carbocycles. The smallest absolute Gasteiger partial charge is 0.251 e. The van der Waals surface area contributed by atoms with Crippen LogP contribution in [0.1, 0.15) is 54.7 Å². The number of hydrogen-bond acceptors (Lipinski definition) is 13. The van der Waals surface area contributed by atoms with Gasteiger partial charge in [0.05, 0.1) is 50.8 Å². The Kier molecular flexibility index (Phi) is 17.4. The van der Waals surface area contributed by atoms with Gasteiger partial charge in [-0.3, -0.25) is 19.4 Å². The molecule has 2 aromatic carbocycles. The highest BCUT2D eigenvalue weighted by atomic mass is 16.6. The highest BCUT2D eigenvalue weighted by Gasteiger charge is 2.28. The first-order valence-electron chi connectivity index (χ1n) is 19.6. The van der Waals surface area contributed by atoms with Gasteiger partial charge in [0.1, 0.15) is 29.7 Å². The Bertz CT molecular complexity index is 2010. The monoisotopic (exact) mass is 795 g/mol. The number of benzene rings is 2. The van der Waals surface area contributed by atoms with Gasteiger partial charge in [0.25, 0.3) is 5.91 Å². The second kappa shape index (κ2) is 23.1. The zero-order valence-corrected chi connectivity index (χ0v) is 33.1. The van der Waals surface area contributed by atoms with E-state index < -0.39 is 24.1 Å². The summed E-state index contributed by atoms with van der Waals surface area (Å²) < 4.78 is 28.3. The Morgan fingerprint density at radius 2 is 1.59 bits per heavy atom. The predicted molar refractivity (Wildman–Crippen MR) is 217 cm³/mol. The van der Waals surface area contributed by atoms with Crippen molar-refractivity contribution in [2.24, 2.45) is 11.7 Å². The zero-order valence-electron chi connectivity index (χ0n) is 33.1. The molecule has 58 heavy (non-hydrogen) atoms. The van der Waals surface area contributed by atoms with E-state index in [4.69, 9.17) is 29.1 Å². The molecule has 3 aromatic heterocycles. The standard InChI is InChI=1S/C44H53N5O9/c1-30(2)24-37(48-43(53)42(52)35(45)25-31-8-4-3-5-9-31)39(50)11-7-17-54-18-19-55-20-21-56-22-23-57-34-13-14-36(47-29-34)40(51)27-32-12-15-41-38(26-32)49-44(58-41)33-10-6-16-46-28-33/h3-6,8-10,12-16,26,28-30,35,37,42,52H,7,11,17-25,27,45H2,1-2H3,(H,48,53)/t35-,37+,42+/m1/s1. The quantitative estimate of drug-likeness (QED) is 0.0503. The second-order valence-electron chi connectivity index (χ2n) is 14.3. The molecular formula is C44H53N5O9. The van der Waals surface area contributed by atoms with E-state index in [1.165, 1.54) is 6.20 Å². The van der Waals surface area contributed by atoms with Crippen LogP contribution in [0, 0.1) is 5.92 Å². The number of amides is 1. The fourth-order valence-corrected chi connectivity index (χ4v) is 6.08. The molecule has 14 nitrogen and oxygen atoms in total. The molecule has 14 heteroatoms. The van der Waals surface area contributed by atoms with Crippen molar-refractivity contribution in [1.82, 2.24) is 20.3 Å². The molecule has 5 aromatic rings. The molecule has 0 bridgehead atoms. The van der Waals surface area contributed by atoms with Crippen LogP contribution < -0.4 is 15.8 Å². The van der Waals surface area contributed by atoms with Crippen LogP contribution in [0.15, 0.2) is 95.8 Å². The minimum atomic E-state index is -1.43. The highest BCUT2D eigenvalue weighted by molar-refractivity contribution is 5.96. The summed E-state index contributed by atoms with van der Waals surface area (Å²) >= 11 is 0. The van der Waals surface area contributed by atoms with Gasteiger partial charge in [-0.2, -0.15) is 0 Å². The van der Waals surface area contributed by atoms with Gasteiger partial charge in [0.2, 0.25) is 5.89 Å². The van der Waals surface area contributed by atoms with Crippen LogP contribution >= 0.6 is 0 Å². The molecule has 5 rings (SSSR count). The van der Waals surface area contributed by atoms with Gasteiger partial charge in [-0.1, -0.05) is 50.2 Å². The molecule has 0 saturated heterocycles. The van der Waals surface area contributed by atoms with E-state index in [1.807, 2.05) is 74.5 Å². The van der Waals surface area contributed by atoms with E-state index in [1.54, 1.807) is 24.5 Å². The number of fused-ring (bicyclic) bond motifs is 1. The number of aromatic nitrogens is 3. The summed E-state index contributed by atoms with van der Waals surface area (Å²) in [4.78, 5) is 51.6. The summed E-state index contributed by atoms with van der Waals surface area (Å²) in [5.41, 5.74) is 10.2. The third-order valence-corrected chi connectivity index (χ3v) is 9.10. The molecule has 3 heterocycles. The van der Waals surface area contributed by atoms with Gasteiger partial charge < -0.3 is 39.5 Å². The van der Waals surface area contributed by atoms with Gasteiger partial charge in [-0.25, -0.2) is 9.97 Å². The second-order valence-corrected chi connectivity index (χ2v) is 14.3. The number of nitrogens with zero attached hydrogens (tertiary/aromatic N) is 3. The van der Waals surface area contributed by atoms with Crippen molar-refractivity contribution in [3.05, 3.63) is 108 Å². The summed E-state index contributed by atoms with van der Waals surface area (Å²) in [6.45, 7) is 6.47. The molecular weight excluding hydrogens is 743 g/mol. The fraction of sp³-hybridized carbons (Fsp3) is 0.409. The van der Waals surface area contributed by atoms with Crippen LogP contribution in [0.25, 0.3) is 22.6 Å². The Balaban J connectivity index is 0.880. The zero-order chi connectivity index (χ0) is 41.1. The van der Waals surface area contributed by atoms with Crippen molar-refractivity contribution in [2.75, 3.05) is 46.2 Å². The van der Waals surface area contributed by atoms with Crippen LogP contribution in [-0.4, -0.2) is 102 Å². The van der Waals surface area contributed by atoms with Crippen LogP contribution in [0.3, 0.4) is 0 Å². The number of Topliss-reactive ketones (excluding diaryl/α,β-unsaturated/α-hetero) is 2. The number of aliphatic hydroxyl groups excluding tert-OH is 1. The summed E-state index contributed by atoms with van der Waals surface area (Å²) in [5.74, 6) is 0.287. The molecule has 0 spiro atoms. The molecule has 0 saturated carbocycles. The largest absolute Gasteiger partial charge is 0.490 e. The summed E-state index contributed by atoms with van der Waals surface area (Å²) in [7, 11) is 0. The topological polar surface area (TPSA) is 198 Å². The Hall–Kier alpha value is -5.38. The first-order chi connectivity index (χ1) is 28.2. The maximum Gasteiger partial charge on any atom is 0.251 e. The van der Waals surface area contributed by atoms with Crippen molar-refractivity contribution < 1.29 is 42.9 Å². The lowest BCUT2D eigenvalue weighted by Crippen LogP contribution is -2.52. The van der Waals surface area contributed by atoms with E-state index >= 15 is 0 Å². The van der Waals surface area contributed by atoms with Crippen molar-refractivity contribution in [2.45, 2.75) is 64.1 Å². The van der Waals surface area contributed by atoms with E-state index in [9.17, 15) is 19.5 Å². The van der Waals surface area contributed by atoms with Crippen LogP contribution in [0.5, 0.6) is 5.75 Å². The van der Waals surface area contributed by atoms with Gasteiger partial charge >= 0.3 is 0 Å². The van der Waals surface area contributed by atoms with E-state index in [-0.39, 0.29) is 30.3 Å². The average Bonchev–Trinajstić information content (AvgIpc) is 3.66.